The van der Waals surface area contributed by atoms with E-state index in [-0.39, 0.29) is 52.9 Å². The van der Waals surface area contributed by atoms with Crippen LogP contribution in [0.25, 0.3) is 0 Å². The van der Waals surface area contributed by atoms with Crippen molar-refractivity contribution in [2.45, 2.75) is 104 Å². The average Bonchev–Trinajstić information content (AvgIpc) is 3.39. The molecule has 1 spiro atoms. The number of amides is 1. The summed E-state index contributed by atoms with van der Waals surface area (Å²) < 4.78 is 12.1. The number of phenolic OH excluding ortho intramolecular Hbond substituents is 1. The van der Waals surface area contributed by atoms with Crippen molar-refractivity contribution in [2.75, 3.05) is 7.11 Å². The molecule has 0 radical (unpaired) electrons. The predicted octanol–water partition coefficient (Wildman–Crippen LogP) is 4.84. The zero-order valence-electron chi connectivity index (χ0n) is 23.4. The number of phenols is 1. The van der Waals surface area contributed by atoms with E-state index in [1.54, 1.807) is 11.0 Å². The van der Waals surface area contributed by atoms with Crippen molar-refractivity contribution in [1.29, 1.82) is 0 Å². The number of carbonyl (C=O) groups excluding carboxylic acids is 2. The molecule has 0 aromatic heterocycles. The summed E-state index contributed by atoms with van der Waals surface area (Å²) in [4.78, 5) is 27.8. The summed E-state index contributed by atoms with van der Waals surface area (Å²) in [5, 5.41) is 22.1. The highest BCUT2D eigenvalue weighted by Gasteiger charge is 2.67. The molecule has 2 fully saturated rings. The van der Waals surface area contributed by atoms with Gasteiger partial charge in [0.2, 0.25) is 0 Å². The van der Waals surface area contributed by atoms with E-state index in [0.29, 0.717) is 24.2 Å². The van der Waals surface area contributed by atoms with Crippen LogP contribution in [0.4, 0.5) is 0 Å². The van der Waals surface area contributed by atoms with Gasteiger partial charge in [0.05, 0.1) is 25.3 Å². The fourth-order valence-electron chi connectivity index (χ4n) is 8.48. The molecule has 6 unspecified atom stereocenters. The molecule has 5 rings (SSSR count). The predicted molar refractivity (Wildman–Crippen MR) is 139 cm³/mol. The van der Waals surface area contributed by atoms with Gasteiger partial charge >= 0.3 is 5.97 Å². The Bertz CT molecular complexity index is 1130. The summed E-state index contributed by atoms with van der Waals surface area (Å²) in [5.41, 5.74) is 0.985. The number of benzene rings is 1. The third-order valence-corrected chi connectivity index (χ3v) is 10.7. The molecule has 0 saturated heterocycles. The second-order valence-electron chi connectivity index (χ2n) is 13.3. The molecule has 2 saturated carbocycles. The van der Waals surface area contributed by atoms with Crippen LogP contribution in [0, 0.1) is 28.6 Å². The molecule has 0 bridgehead atoms. The van der Waals surface area contributed by atoms with Crippen molar-refractivity contribution in [1.82, 2.24) is 4.90 Å². The minimum atomic E-state index is -0.686. The number of fused-ring (bicyclic) bond motifs is 5. The fraction of sp³-hybridized carbons (Fsp3) is 0.733. The highest BCUT2D eigenvalue weighted by Crippen LogP contribution is 2.67. The standard InChI is InChI=1S/C30H43NO6/c1-16(2)12-21(27(35)36-7)31-15-20-18(26(31)34)13-22(32)19-14-30(37-25(19)20)17(3)8-9-23-28(4,5)24(33)10-11-29(23,30)6/h13,16-17,21,23-24,32-33H,8-12,14-15H2,1-7H3. The molecule has 1 aromatic rings. The lowest BCUT2D eigenvalue weighted by Gasteiger charge is -2.64. The summed E-state index contributed by atoms with van der Waals surface area (Å²) in [6.07, 6.45) is 4.34. The van der Waals surface area contributed by atoms with Gasteiger partial charge in [0.1, 0.15) is 23.1 Å². The van der Waals surface area contributed by atoms with Gasteiger partial charge < -0.3 is 24.6 Å². The molecule has 2 N–H and O–H groups in total. The summed E-state index contributed by atoms with van der Waals surface area (Å²) in [6, 6.07) is 0.888. The number of aliphatic hydroxyl groups is 1. The third-order valence-electron chi connectivity index (χ3n) is 10.7. The van der Waals surface area contributed by atoms with Crippen LogP contribution in [0.15, 0.2) is 6.07 Å². The number of hydrogen-bond acceptors (Lipinski definition) is 6. The molecule has 2 heterocycles. The van der Waals surface area contributed by atoms with Crippen LogP contribution in [-0.4, -0.2) is 51.8 Å². The maximum atomic E-state index is 13.6. The number of nitrogens with zero attached hydrogens (tertiary/aromatic N) is 1. The van der Waals surface area contributed by atoms with Crippen LogP contribution in [0.2, 0.25) is 0 Å². The molecule has 7 nitrogen and oxygen atoms in total. The number of rotatable bonds is 4. The molecular weight excluding hydrogens is 470 g/mol. The molecule has 7 heteroatoms. The van der Waals surface area contributed by atoms with E-state index in [0.717, 1.165) is 36.8 Å². The average molecular weight is 514 g/mol. The molecule has 6 atom stereocenters. The topological polar surface area (TPSA) is 96.3 Å². The first-order chi connectivity index (χ1) is 17.3. The molecule has 2 aliphatic heterocycles. The van der Waals surface area contributed by atoms with E-state index in [9.17, 15) is 19.8 Å². The quantitative estimate of drug-likeness (QED) is 0.559. The van der Waals surface area contributed by atoms with E-state index in [2.05, 4.69) is 27.7 Å². The van der Waals surface area contributed by atoms with Gasteiger partial charge in [-0.3, -0.25) is 4.79 Å². The number of aliphatic hydroxyl groups excluding tert-OH is 1. The first kappa shape index (κ1) is 26.3. The van der Waals surface area contributed by atoms with Crippen LogP contribution < -0.4 is 4.74 Å². The van der Waals surface area contributed by atoms with Crippen LogP contribution >= 0.6 is 0 Å². The number of esters is 1. The van der Waals surface area contributed by atoms with Gasteiger partial charge in [-0.2, -0.15) is 0 Å². The minimum Gasteiger partial charge on any atom is -0.508 e. The molecule has 37 heavy (non-hydrogen) atoms. The number of carbonyl (C=O) groups is 2. The number of hydrogen-bond donors (Lipinski definition) is 2. The largest absolute Gasteiger partial charge is 0.508 e. The molecule has 2 aliphatic carbocycles. The van der Waals surface area contributed by atoms with E-state index < -0.39 is 17.6 Å². The van der Waals surface area contributed by atoms with Crippen molar-refractivity contribution in [3.8, 4) is 11.5 Å². The Hall–Kier alpha value is -2.28. The summed E-state index contributed by atoms with van der Waals surface area (Å²) in [6.45, 7) is 13.2. The van der Waals surface area contributed by atoms with Gasteiger partial charge in [0.25, 0.3) is 5.91 Å². The molecule has 204 valence electrons. The highest BCUT2D eigenvalue weighted by atomic mass is 16.5. The lowest BCUT2D eigenvalue weighted by Crippen LogP contribution is -2.66. The summed E-state index contributed by atoms with van der Waals surface area (Å²) >= 11 is 0. The van der Waals surface area contributed by atoms with Crippen LogP contribution in [0.1, 0.15) is 95.1 Å². The molecular formula is C30H43NO6. The van der Waals surface area contributed by atoms with Gasteiger partial charge in [0, 0.05) is 23.0 Å². The minimum absolute atomic E-state index is 0.0901. The zero-order chi connectivity index (χ0) is 27.1. The highest BCUT2D eigenvalue weighted by molar-refractivity contribution is 6.02. The van der Waals surface area contributed by atoms with E-state index in [4.69, 9.17) is 9.47 Å². The first-order valence-corrected chi connectivity index (χ1v) is 13.9. The van der Waals surface area contributed by atoms with Gasteiger partial charge in [-0.25, -0.2) is 4.79 Å². The van der Waals surface area contributed by atoms with Gasteiger partial charge in [0.15, 0.2) is 0 Å². The second-order valence-corrected chi connectivity index (χ2v) is 13.3. The Morgan fingerprint density at radius 3 is 2.57 bits per heavy atom. The van der Waals surface area contributed by atoms with Crippen molar-refractivity contribution in [2.24, 2.45) is 28.6 Å². The number of ether oxygens (including phenoxy) is 2. The Kier molecular flexibility index (Phi) is 6.13. The van der Waals surface area contributed by atoms with E-state index >= 15 is 0 Å². The fourth-order valence-corrected chi connectivity index (χ4v) is 8.48. The van der Waals surface area contributed by atoms with Crippen LogP contribution in [0.5, 0.6) is 11.5 Å². The summed E-state index contributed by atoms with van der Waals surface area (Å²) in [7, 11) is 1.35. The lowest BCUT2D eigenvalue weighted by molar-refractivity contribution is -0.210. The van der Waals surface area contributed by atoms with Crippen molar-refractivity contribution in [3.63, 3.8) is 0 Å². The van der Waals surface area contributed by atoms with Crippen molar-refractivity contribution >= 4 is 11.9 Å². The van der Waals surface area contributed by atoms with Crippen LogP contribution in [0.3, 0.4) is 0 Å². The Morgan fingerprint density at radius 1 is 1.22 bits per heavy atom. The molecule has 1 amide bonds. The van der Waals surface area contributed by atoms with Gasteiger partial charge in [-0.05, 0) is 61.3 Å². The van der Waals surface area contributed by atoms with Crippen molar-refractivity contribution < 1.29 is 29.3 Å². The van der Waals surface area contributed by atoms with Gasteiger partial charge in [-0.1, -0.05) is 41.5 Å². The third kappa shape index (κ3) is 3.55. The normalized spacial score (nSPS) is 34.7. The maximum absolute atomic E-state index is 13.6. The van der Waals surface area contributed by atoms with E-state index in [1.165, 1.54) is 7.11 Å². The Balaban J connectivity index is 1.56. The summed E-state index contributed by atoms with van der Waals surface area (Å²) in [5.74, 6) is 0.744. The first-order valence-electron chi connectivity index (χ1n) is 13.9. The Labute approximate surface area is 220 Å². The van der Waals surface area contributed by atoms with E-state index in [1.807, 2.05) is 13.8 Å². The molecule has 1 aromatic carbocycles. The number of aromatic hydroxyl groups is 1. The lowest BCUT2D eigenvalue weighted by atomic mass is 9.43. The smallest absolute Gasteiger partial charge is 0.328 e. The van der Waals surface area contributed by atoms with Crippen LogP contribution in [-0.2, 0) is 22.5 Å². The monoisotopic (exact) mass is 513 g/mol. The van der Waals surface area contributed by atoms with Crippen molar-refractivity contribution in [3.05, 3.63) is 22.8 Å². The number of methoxy groups -OCH3 is 1. The zero-order valence-corrected chi connectivity index (χ0v) is 23.4. The maximum Gasteiger partial charge on any atom is 0.328 e. The van der Waals surface area contributed by atoms with Gasteiger partial charge in [-0.15, -0.1) is 0 Å². The Morgan fingerprint density at radius 2 is 1.92 bits per heavy atom. The SMILES string of the molecule is COC(=O)C(CC(C)C)N1Cc2c(cc(O)c3c2OC2(C3)C(C)CCC3C(C)(C)C(O)CCC32C)C1=O. The molecule has 4 aliphatic rings. The second kappa shape index (κ2) is 8.62.